The van der Waals surface area contributed by atoms with Crippen molar-refractivity contribution >= 4 is 16.7 Å². The largest absolute Gasteiger partial charge is 0.381 e. The highest BCUT2D eigenvalue weighted by molar-refractivity contribution is 7.84. The van der Waals surface area contributed by atoms with Crippen molar-refractivity contribution in [3.63, 3.8) is 0 Å². The molecular weight excluding hydrogens is 478 g/mol. The summed E-state index contributed by atoms with van der Waals surface area (Å²) in [4.78, 5) is 22.4. The molecule has 0 spiro atoms. The zero-order valence-electron chi connectivity index (χ0n) is 20.8. The van der Waals surface area contributed by atoms with Crippen molar-refractivity contribution in [2.45, 2.75) is 48.9 Å². The van der Waals surface area contributed by atoms with Gasteiger partial charge in [-0.3, -0.25) is 13.7 Å². The number of amides is 1. The van der Waals surface area contributed by atoms with Crippen LogP contribution in [-0.2, 0) is 26.0 Å². The van der Waals surface area contributed by atoms with Gasteiger partial charge < -0.3 is 19.3 Å². The lowest BCUT2D eigenvalue weighted by atomic mass is 9.95. The highest BCUT2D eigenvalue weighted by atomic mass is 32.2. The fourth-order valence-corrected chi connectivity index (χ4v) is 7.29. The number of piperidine rings is 1. The molecule has 4 aliphatic rings. The number of hydrogen-bond acceptors (Lipinski definition) is 7. The predicted molar refractivity (Wildman–Crippen MR) is 135 cm³/mol. The quantitative estimate of drug-likeness (QED) is 0.607. The first-order valence-electron chi connectivity index (χ1n) is 13.3. The number of ether oxygens (including phenoxy) is 2. The molecule has 6 heterocycles. The number of hydrogen-bond donors (Lipinski definition) is 0. The second-order valence-corrected chi connectivity index (χ2v) is 11.7. The van der Waals surface area contributed by atoms with Gasteiger partial charge in [0.15, 0.2) is 5.69 Å². The maximum atomic E-state index is 13.6. The molecule has 3 fully saturated rings. The third kappa shape index (κ3) is 4.76. The van der Waals surface area contributed by atoms with Crippen molar-refractivity contribution in [3.05, 3.63) is 29.6 Å². The van der Waals surface area contributed by atoms with Crippen LogP contribution < -0.4 is 0 Å². The van der Waals surface area contributed by atoms with E-state index in [2.05, 4.69) is 14.6 Å². The molecule has 1 amide bonds. The first-order chi connectivity index (χ1) is 17.7. The van der Waals surface area contributed by atoms with Crippen LogP contribution in [0, 0.1) is 5.92 Å². The summed E-state index contributed by atoms with van der Waals surface area (Å²) in [6.07, 6.45) is 7.35. The molecule has 2 aromatic rings. The van der Waals surface area contributed by atoms with Gasteiger partial charge in [0, 0.05) is 50.2 Å². The number of nitrogens with zero attached hydrogens (tertiary/aromatic N) is 5. The highest BCUT2D eigenvalue weighted by Crippen LogP contribution is 2.40. The number of carbonyl (C=O) groups is 1. The van der Waals surface area contributed by atoms with E-state index in [-0.39, 0.29) is 17.7 Å². The zero-order chi connectivity index (χ0) is 24.5. The number of pyridine rings is 1. The van der Waals surface area contributed by atoms with E-state index in [1.807, 2.05) is 17.0 Å². The van der Waals surface area contributed by atoms with E-state index in [0.29, 0.717) is 37.0 Å². The third-order valence-corrected chi connectivity index (χ3v) is 9.36. The summed E-state index contributed by atoms with van der Waals surface area (Å²) in [5.41, 5.74) is 3.05. The second-order valence-electron chi connectivity index (χ2n) is 10.3. The second kappa shape index (κ2) is 10.7. The van der Waals surface area contributed by atoms with Crippen LogP contribution in [0.25, 0.3) is 11.3 Å². The van der Waals surface area contributed by atoms with E-state index in [4.69, 9.17) is 14.6 Å². The molecule has 194 valence electrons. The van der Waals surface area contributed by atoms with Gasteiger partial charge in [-0.1, -0.05) is 0 Å². The molecule has 3 saturated heterocycles. The Labute approximate surface area is 214 Å². The van der Waals surface area contributed by atoms with E-state index >= 15 is 0 Å². The minimum absolute atomic E-state index is 0.0789. The maximum Gasteiger partial charge on any atom is 0.274 e. The molecule has 36 heavy (non-hydrogen) atoms. The standard InChI is InChI=1S/C26H35N5O4S/c32-26(30-11-15-35-16-12-30)23-22-18-36(33)25-21(4-1-8-27-25)24(22)31(28-23)20-3-2-9-29(17-20)10-5-19-6-13-34-14-7-19/h1,4,8,19-20H,2-3,5-7,9-18H2. The monoisotopic (exact) mass is 513 g/mol. The molecule has 9 nitrogen and oxygen atoms in total. The van der Waals surface area contributed by atoms with Gasteiger partial charge in [-0.2, -0.15) is 5.10 Å². The first-order valence-corrected chi connectivity index (χ1v) is 14.6. The number of rotatable bonds is 5. The van der Waals surface area contributed by atoms with E-state index in [9.17, 15) is 9.00 Å². The summed E-state index contributed by atoms with van der Waals surface area (Å²) in [5, 5.41) is 5.59. The Bertz CT molecular complexity index is 1130. The van der Waals surface area contributed by atoms with Gasteiger partial charge in [-0.15, -0.1) is 0 Å². The molecule has 2 atom stereocenters. The van der Waals surface area contributed by atoms with E-state index in [1.165, 1.54) is 6.42 Å². The van der Waals surface area contributed by atoms with Gasteiger partial charge >= 0.3 is 0 Å². The van der Waals surface area contributed by atoms with E-state index in [0.717, 1.165) is 81.3 Å². The molecule has 0 bridgehead atoms. The SMILES string of the molecule is O=C(c1nn(C2CCCN(CCC3CCOCC3)C2)c2c1CS(=O)c1ncccc1-2)N1CCOCC1. The normalized spacial score (nSPS) is 25.4. The van der Waals surface area contributed by atoms with Crippen LogP contribution in [0.1, 0.15) is 54.2 Å². The van der Waals surface area contributed by atoms with Crippen molar-refractivity contribution in [1.29, 1.82) is 0 Å². The Morgan fingerprint density at radius 3 is 2.72 bits per heavy atom. The molecule has 0 aliphatic carbocycles. The van der Waals surface area contributed by atoms with Crippen molar-refractivity contribution in [1.82, 2.24) is 24.6 Å². The van der Waals surface area contributed by atoms with E-state index < -0.39 is 10.8 Å². The summed E-state index contributed by atoms with van der Waals surface area (Å²) in [6, 6.07) is 4.03. The van der Waals surface area contributed by atoms with Crippen molar-refractivity contribution in [2.75, 3.05) is 59.2 Å². The fraction of sp³-hybridized carbons (Fsp3) is 0.654. The van der Waals surface area contributed by atoms with Gasteiger partial charge in [0.05, 0.1) is 41.5 Å². The number of likely N-dealkylation sites (tertiary alicyclic amines) is 1. The Balaban J connectivity index is 1.30. The fourth-order valence-electron chi connectivity index (χ4n) is 6.03. The highest BCUT2D eigenvalue weighted by Gasteiger charge is 2.36. The van der Waals surface area contributed by atoms with Gasteiger partial charge in [-0.25, -0.2) is 4.98 Å². The number of fused-ring (bicyclic) bond motifs is 3. The maximum absolute atomic E-state index is 13.6. The number of aromatic nitrogens is 3. The predicted octanol–water partition coefficient (Wildman–Crippen LogP) is 2.49. The summed E-state index contributed by atoms with van der Waals surface area (Å²) >= 11 is 0. The van der Waals surface area contributed by atoms with Crippen LogP contribution in [0.4, 0.5) is 0 Å². The van der Waals surface area contributed by atoms with Crippen molar-refractivity contribution < 1.29 is 18.5 Å². The van der Waals surface area contributed by atoms with Crippen LogP contribution in [0.15, 0.2) is 23.4 Å². The van der Waals surface area contributed by atoms with Crippen LogP contribution in [0.2, 0.25) is 0 Å². The minimum Gasteiger partial charge on any atom is -0.381 e. The molecule has 2 aromatic heterocycles. The Hall–Kier alpha value is -2.14. The van der Waals surface area contributed by atoms with Crippen molar-refractivity contribution in [2.24, 2.45) is 5.92 Å². The molecule has 4 aliphatic heterocycles. The smallest absolute Gasteiger partial charge is 0.274 e. The summed E-state index contributed by atoms with van der Waals surface area (Å²) < 4.78 is 26.2. The summed E-state index contributed by atoms with van der Waals surface area (Å²) in [5.74, 6) is 0.956. The van der Waals surface area contributed by atoms with Gasteiger partial charge in [0.2, 0.25) is 0 Å². The van der Waals surface area contributed by atoms with Gasteiger partial charge in [-0.05, 0) is 63.2 Å². The molecule has 0 saturated carbocycles. The van der Waals surface area contributed by atoms with Gasteiger partial charge in [0.25, 0.3) is 5.91 Å². The van der Waals surface area contributed by atoms with Crippen LogP contribution >= 0.6 is 0 Å². The lowest BCUT2D eigenvalue weighted by Gasteiger charge is -2.35. The molecular formula is C26H35N5O4S. The topological polar surface area (TPSA) is 89.8 Å². The molecule has 2 unspecified atom stereocenters. The van der Waals surface area contributed by atoms with Gasteiger partial charge in [0.1, 0.15) is 5.03 Å². The van der Waals surface area contributed by atoms with E-state index in [1.54, 1.807) is 6.20 Å². The van der Waals surface area contributed by atoms with Crippen LogP contribution in [0.3, 0.4) is 0 Å². The Kier molecular flexibility index (Phi) is 7.19. The minimum atomic E-state index is -1.29. The average Bonchev–Trinajstić information content (AvgIpc) is 3.32. The first kappa shape index (κ1) is 24.2. The zero-order valence-corrected chi connectivity index (χ0v) is 21.6. The van der Waals surface area contributed by atoms with Crippen LogP contribution in [-0.4, -0.2) is 93.8 Å². The molecule has 0 aromatic carbocycles. The van der Waals surface area contributed by atoms with Crippen molar-refractivity contribution in [3.8, 4) is 11.3 Å². The average molecular weight is 514 g/mol. The lowest BCUT2D eigenvalue weighted by molar-refractivity contribution is 0.0297. The lowest BCUT2D eigenvalue weighted by Crippen LogP contribution is -2.41. The Morgan fingerprint density at radius 1 is 1.08 bits per heavy atom. The van der Waals surface area contributed by atoms with Crippen LogP contribution in [0.5, 0.6) is 0 Å². The molecule has 10 heteroatoms. The molecule has 6 rings (SSSR count). The molecule has 0 radical (unpaired) electrons. The third-order valence-electron chi connectivity index (χ3n) is 8.05. The Morgan fingerprint density at radius 2 is 1.89 bits per heavy atom. The summed E-state index contributed by atoms with van der Waals surface area (Å²) in [6.45, 7) is 7.09. The molecule has 0 N–H and O–H groups in total. The number of morpholine rings is 1. The summed E-state index contributed by atoms with van der Waals surface area (Å²) in [7, 11) is -1.29. The number of carbonyl (C=O) groups excluding carboxylic acids is 1.